The molecule has 0 aromatic carbocycles. The maximum Gasteiger partial charge on any atom is 0.248 e. The van der Waals surface area contributed by atoms with Gasteiger partial charge in [0.15, 0.2) is 0 Å². The van der Waals surface area contributed by atoms with Crippen LogP contribution >= 0.6 is 0 Å². The van der Waals surface area contributed by atoms with E-state index in [0.29, 0.717) is 12.6 Å². The Morgan fingerprint density at radius 1 is 1.43 bits per heavy atom. The number of carbonyl (C=O) groups excluding carboxylic acids is 1. The molecule has 14 heavy (non-hydrogen) atoms. The van der Waals surface area contributed by atoms with Crippen LogP contribution in [0.4, 0.5) is 0 Å². The zero-order valence-corrected chi connectivity index (χ0v) is 8.87. The van der Waals surface area contributed by atoms with Gasteiger partial charge in [0.05, 0.1) is 6.61 Å². The maximum absolute atomic E-state index is 11.6. The van der Waals surface area contributed by atoms with Crippen LogP contribution in [0.1, 0.15) is 32.6 Å². The molecular formula is C11H19NO2. The monoisotopic (exact) mass is 197 g/mol. The number of ether oxygens (including phenoxy) is 1. The van der Waals surface area contributed by atoms with E-state index in [-0.39, 0.29) is 5.91 Å². The van der Waals surface area contributed by atoms with Crippen molar-refractivity contribution >= 4 is 5.91 Å². The van der Waals surface area contributed by atoms with Crippen molar-refractivity contribution in [2.24, 2.45) is 5.92 Å². The first-order chi connectivity index (χ1) is 6.77. The van der Waals surface area contributed by atoms with Gasteiger partial charge < -0.3 is 9.64 Å². The summed E-state index contributed by atoms with van der Waals surface area (Å²) in [6.07, 6.45) is 4.98. The second kappa shape index (κ2) is 4.30. The van der Waals surface area contributed by atoms with Gasteiger partial charge in [-0.1, -0.05) is 19.8 Å². The molecule has 3 heteroatoms. The molecule has 2 unspecified atom stereocenters. The molecule has 80 valence electrons. The largest absolute Gasteiger partial charge is 0.370 e. The van der Waals surface area contributed by atoms with Crippen LogP contribution in [0.25, 0.3) is 0 Å². The van der Waals surface area contributed by atoms with E-state index in [1.54, 1.807) is 0 Å². The van der Waals surface area contributed by atoms with E-state index in [0.717, 1.165) is 19.1 Å². The van der Waals surface area contributed by atoms with E-state index < -0.39 is 0 Å². The first kappa shape index (κ1) is 9.97. The van der Waals surface area contributed by atoms with Crippen LogP contribution < -0.4 is 0 Å². The fourth-order valence-electron chi connectivity index (χ4n) is 2.60. The minimum Gasteiger partial charge on any atom is -0.370 e. The van der Waals surface area contributed by atoms with Gasteiger partial charge in [0.2, 0.25) is 5.91 Å². The quantitative estimate of drug-likeness (QED) is 0.636. The number of amides is 1. The maximum atomic E-state index is 11.6. The van der Waals surface area contributed by atoms with Gasteiger partial charge in [0.1, 0.15) is 6.61 Å². The Morgan fingerprint density at radius 2 is 2.29 bits per heavy atom. The van der Waals surface area contributed by atoms with Crippen molar-refractivity contribution < 1.29 is 9.53 Å². The predicted molar refractivity (Wildman–Crippen MR) is 54.0 cm³/mol. The Labute approximate surface area is 85.4 Å². The highest BCUT2D eigenvalue weighted by molar-refractivity contribution is 5.78. The summed E-state index contributed by atoms with van der Waals surface area (Å²) in [6.45, 7) is 4.11. The smallest absolute Gasteiger partial charge is 0.248 e. The Balaban J connectivity index is 1.94. The molecule has 2 aliphatic rings. The molecule has 1 heterocycles. The van der Waals surface area contributed by atoms with Gasteiger partial charge in [-0.3, -0.25) is 4.79 Å². The van der Waals surface area contributed by atoms with Gasteiger partial charge in [-0.15, -0.1) is 0 Å². The molecular weight excluding hydrogens is 178 g/mol. The van der Waals surface area contributed by atoms with Gasteiger partial charge in [0, 0.05) is 12.6 Å². The molecule has 2 fully saturated rings. The standard InChI is InChI=1S/C11H19NO2/c1-9-3-2-4-10(7-9)12-5-6-14-8-11(12)13/h9-10H,2-8H2,1H3. The van der Waals surface area contributed by atoms with E-state index in [1.807, 2.05) is 4.90 Å². The third-order valence-electron chi connectivity index (χ3n) is 3.37. The lowest BCUT2D eigenvalue weighted by Crippen LogP contribution is -2.49. The molecule has 0 N–H and O–H groups in total. The molecule has 0 radical (unpaired) electrons. The summed E-state index contributed by atoms with van der Waals surface area (Å²) >= 11 is 0. The van der Waals surface area contributed by atoms with Crippen LogP contribution in [0, 0.1) is 5.92 Å². The fourth-order valence-corrected chi connectivity index (χ4v) is 2.60. The lowest BCUT2D eigenvalue weighted by atomic mass is 9.86. The molecule has 0 spiro atoms. The fraction of sp³-hybridized carbons (Fsp3) is 0.909. The predicted octanol–water partition coefficient (Wildman–Crippen LogP) is 1.42. The van der Waals surface area contributed by atoms with Crippen molar-refractivity contribution in [2.75, 3.05) is 19.8 Å². The van der Waals surface area contributed by atoms with Crippen LogP contribution in [0.3, 0.4) is 0 Å². The first-order valence-electron chi connectivity index (χ1n) is 5.64. The summed E-state index contributed by atoms with van der Waals surface area (Å²) in [6, 6.07) is 0.496. The van der Waals surface area contributed by atoms with Gasteiger partial charge in [-0.2, -0.15) is 0 Å². The normalized spacial score (nSPS) is 34.6. The second-order valence-corrected chi connectivity index (χ2v) is 4.57. The minimum atomic E-state index is 0.190. The van der Waals surface area contributed by atoms with Crippen molar-refractivity contribution in [1.82, 2.24) is 4.90 Å². The van der Waals surface area contributed by atoms with Crippen LogP contribution in [0.15, 0.2) is 0 Å². The molecule has 1 saturated carbocycles. The molecule has 1 aliphatic heterocycles. The van der Waals surface area contributed by atoms with E-state index in [2.05, 4.69) is 6.92 Å². The second-order valence-electron chi connectivity index (χ2n) is 4.57. The highest BCUT2D eigenvalue weighted by Gasteiger charge is 2.29. The van der Waals surface area contributed by atoms with Crippen molar-refractivity contribution in [3.63, 3.8) is 0 Å². The number of hydrogen-bond acceptors (Lipinski definition) is 2. The summed E-state index contributed by atoms with van der Waals surface area (Å²) in [4.78, 5) is 13.6. The van der Waals surface area contributed by atoms with Crippen molar-refractivity contribution in [2.45, 2.75) is 38.6 Å². The van der Waals surface area contributed by atoms with Crippen LogP contribution in [0.2, 0.25) is 0 Å². The van der Waals surface area contributed by atoms with Gasteiger partial charge >= 0.3 is 0 Å². The number of morpholine rings is 1. The van der Waals surface area contributed by atoms with E-state index in [1.165, 1.54) is 25.7 Å². The molecule has 1 aliphatic carbocycles. The average molecular weight is 197 g/mol. The number of rotatable bonds is 1. The highest BCUT2D eigenvalue weighted by atomic mass is 16.5. The van der Waals surface area contributed by atoms with Gasteiger partial charge in [-0.05, 0) is 18.8 Å². The Kier molecular flexibility index (Phi) is 3.06. The van der Waals surface area contributed by atoms with Gasteiger partial charge in [-0.25, -0.2) is 0 Å². The molecule has 3 nitrogen and oxygen atoms in total. The third kappa shape index (κ3) is 2.08. The van der Waals surface area contributed by atoms with Crippen LogP contribution in [-0.4, -0.2) is 36.6 Å². The van der Waals surface area contributed by atoms with E-state index >= 15 is 0 Å². The van der Waals surface area contributed by atoms with Crippen LogP contribution in [-0.2, 0) is 9.53 Å². The molecule has 0 bridgehead atoms. The zero-order chi connectivity index (χ0) is 9.97. The summed E-state index contributed by atoms with van der Waals surface area (Å²) in [5.41, 5.74) is 0. The highest BCUT2D eigenvalue weighted by Crippen LogP contribution is 2.27. The van der Waals surface area contributed by atoms with Crippen molar-refractivity contribution in [1.29, 1.82) is 0 Å². The Hall–Kier alpha value is -0.570. The molecule has 1 saturated heterocycles. The van der Waals surface area contributed by atoms with E-state index in [4.69, 9.17) is 4.74 Å². The summed E-state index contributed by atoms with van der Waals surface area (Å²) in [5, 5.41) is 0. The summed E-state index contributed by atoms with van der Waals surface area (Å²) < 4.78 is 5.14. The summed E-state index contributed by atoms with van der Waals surface area (Å²) in [7, 11) is 0. The van der Waals surface area contributed by atoms with Crippen molar-refractivity contribution in [3.8, 4) is 0 Å². The molecule has 1 amide bonds. The number of nitrogens with zero attached hydrogens (tertiary/aromatic N) is 1. The molecule has 2 rings (SSSR count). The van der Waals surface area contributed by atoms with Crippen LogP contribution in [0.5, 0.6) is 0 Å². The lowest BCUT2D eigenvalue weighted by molar-refractivity contribution is -0.146. The third-order valence-corrected chi connectivity index (χ3v) is 3.37. The van der Waals surface area contributed by atoms with E-state index in [9.17, 15) is 4.79 Å². The first-order valence-corrected chi connectivity index (χ1v) is 5.64. The van der Waals surface area contributed by atoms with Gasteiger partial charge in [0.25, 0.3) is 0 Å². The molecule has 2 atom stereocenters. The zero-order valence-electron chi connectivity index (χ0n) is 8.87. The topological polar surface area (TPSA) is 29.5 Å². The summed E-state index contributed by atoms with van der Waals surface area (Å²) in [5.74, 6) is 0.972. The Bertz CT molecular complexity index is 217. The van der Waals surface area contributed by atoms with Crippen molar-refractivity contribution in [3.05, 3.63) is 0 Å². The SMILES string of the molecule is CC1CCCC(N2CCOCC2=O)C1. The average Bonchev–Trinajstić information content (AvgIpc) is 2.18. The Morgan fingerprint density at radius 3 is 3.00 bits per heavy atom. The molecule has 0 aromatic rings. The number of hydrogen-bond donors (Lipinski definition) is 0. The lowest BCUT2D eigenvalue weighted by Gasteiger charge is -2.38. The minimum absolute atomic E-state index is 0.190. The number of carbonyl (C=O) groups is 1. The molecule has 0 aromatic heterocycles.